The Morgan fingerprint density at radius 1 is 0.281 bits per heavy atom. The molecule has 0 bridgehead atoms. The third kappa shape index (κ3) is 33.4. The van der Waals surface area contributed by atoms with Crippen LogP contribution in [0.5, 0.6) is 0 Å². The molecular formula is C92H178N16O6. The molecule has 0 atom stereocenters. The fourth-order valence-electron chi connectivity index (χ4n) is 20.5. The van der Waals surface area contributed by atoms with Gasteiger partial charge in [-0.3, -0.25) is 19.4 Å². The van der Waals surface area contributed by atoms with Gasteiger partial charge in [0.2, 0.25) is 35.7 Å². The number of piperidine rings is 4. The molecule has 0 aliphatic carbocycles. The molecule has 6 heterocycles. The van der Waals surface area contributed by atoms with Gasteiger partial charge >= 0.3 is 0 Å². The van der Waals surface area contributed by atoms with Gasteiger partial charge in [0.15, 0.2) is 0 Å². The van der Waals surface area contributed by atoms with Gasteiger partial charge in [-0.25, -0.2) is 0 Å². The second-order valence-corrected chi connectivity index (χ2v) is 40.2. The summed E-state index contributed by atoms with van der Waals surface area (Å²) in [5, 5.41) is 24.1. The van der Waals surface area contributed by atoms with Crippen LogP contribution in [0.3, 0.4) is 0 Å². The molecule has 4 fully saturated rings. The first kappa shape index (κ1) is 99.2. The van der Waals surface area contributed by atoms with E-state index in [-0.39, 0.29) is 56.4 Å². The van der Waals surface area contributed by atoms with Crippen LogP contribution in [0.2, 0.25) is 0 Å². The average Bonchev–Trinajstić information content (AvgIpc) is 0.792. The number of unbranched alkanes of at least 4 members (excludes halogenated alkanes) is 25. The van der Waals surface area contributed by atoms with Crippen molar-refractivity contribution in [2.75, 3.05) is 111 Å². The summed E-state index contributed by atoms with van der Waals surface area (Å²) in [5.74, 6) is 4.88. The lowest BCUT2D eigenvalue weighted by Gasteiger charge is -2.55. The van der Waals surface area contributed by atoms with E-state index in [1.807, 2.05) is 0 Å². The Morgan fingerprint density at radius 3 is 0.728 bits per heavy atom. The van der Waals surface area contributed by atoms with E-state index in [4.69, 9.17) is 58.7 Å². The predicted octanol–water partition coefficient (Wildman–Crippen LogP) is 22.9. The highest BCUT2D eigenvalue weighted by Crippen LogP contribution is 2.47. The van der Waals surface area contributed by atoms with Crippen LogP contribution in [0.25, 0.3) is 0 Å². The van der Waals surface area contributed by atoms with Crippen LogP contribution in [0.1, 0.15) is 408 Å². The van der Waals surface area contributed by atoms with Gasteiger partial charge in [0.25, 0.3) is 0 Å². The molecule has 2 aromatic heterocycles. The molecule has 0 amide bonds. The molecule has 4 N–H and O–H groups in total. The van der Waals surface area contributed by atoms with Crippen molar-refractivity contribution in [2.45, 2.75) is 465 Å². The van der Waals surface area contributed by atoms with Crippen LogP contribution in [-0.4, -0.2) is 187 Å². The van der Waals surface area contributed by atoms with E-state index in [1.165, 1.54) is 141 Å². The molecule has 4 saturated heterocycles. The van der Waals surface area contributed by atoms with E-state index < -0.39 is 0 Å². The van der Waals surface area contributed by atoms with E-state index in [0.29, 0.717) is 61.0 Å². The third-order valence-electron chi connectivity index (χ3n) is 24.9. The fourth-order valence-corrected chi connectivity index (χ4v) is 20.5. The molecule has 22 heteroatoms. The van der Waals surface area contributed by atoms with Crippen molar-refractivity contribution in [2.24, 2.45) is 11.8 Å². The molecule has 0 spiro atoms. The Bertz CT molecular complexity index is 2640. The van der Waals surface area contributed by atoms with Crippen molar-refractivity contribution >= 4 is 35.7 Å². The smallest absolute Gasteiger partial charge is 0.234 e. The van der Waals surface area contributed by atoms with Crippen molar-refractivity contribution in [3.05, 3.63) is 0 Å². The molecule has 662 valence electrons. The van der Waals surface area contributed by atoms with Crippen molar-refractivity contribution in [1.29, 1.82) is 0 Å². The van der Waals surface area contributed by atoms with Crippen molar-refractivity contribution < 1.29 is 28.8 Å². The Labute approximate surface area is 698 Å². The highest BCUT2D eigenvalue weighted by molar-refractivity contribution is 5.46. The summed E-state index contributed by atoms with van der Waals surface area (Å²) in [5.41, 5.74) is -1.11. The van der Waals surface area contributed by atoms with Gasteiger partial charge in [0.1, 0.15) is 13.5 Å². The van der Waals surface area contributed by atoms with E-state index >= 15 is 0 Å². The Morgan fingerprint density at radius 2 is 0.491 bits per heavy atom. The predicted molar refractivity (Wildman–Crippen MR) is 477 cm³/mol. The summed E-state index contributed by atoms with van der Waals surface area (Å²) < 4.78 is 12.1. The van der Waals surface area contributed by atoms with Gasteiger partial charge in [-0.1, -0.05) is 195 Å². The molecule has 4 aliphatic heterocycles. The van der Waals surface area contributed by atoms with Gasteiger partial charge in [-0.2, -0.15) is 50.2 Å². The first-order valence-electron chi connectivity index (χ1n) is 47.0. The molecular weight excluding hydrogens is 1430 g/mol. The number of rotatable bonds is 61. The van der Waals surface area contributed by atoms with Gasteiger partial charge < -0.3 is 40.5 Å². The maximum atomic E-state index is 6.73. The zero-order valence-electron chi connectivity index (χ0n) is 77.9. The van der Waals surface area contributed by atoms with Gasteiger partial charge in [-0.05, 0) is 225 Å². The van der Waals surface area contributed by atoms with Gasteiger partial charge in [0, 0.05) is 96.8 Å². The second kappa shape index (κ2) is 50.0. The summed E-state index contributed by atoms with van der Waals surface area (Å²) in [4.78, 5) is 62.4. The van der Waals surface area contributed by atoms with Crippen molar-refractivity contribution in [3.63, 3.8) is 0 Å². The number of ether oxygens (including phenoxy) is 2. The molecule has 114 heavy (non-hydrogen) atoms. The van der Waals surface area contributed by atoms with E-state index in [0.717, 1.165) is 181 Å². The lowest BCUT2D eigenvalue weighted by molar-refractivity contribution is -0.288. The SMILES string of the molecule is CCCCCCCCON1C(C)(C)CC(CCCCNc2nc(NCCCCCCNc3nc(NCCCCC4CC(C)(C)N(OCCCCCCCC)C(C)(C)C4)nc(N(COC)C4CC(C)(C)N(OCCCCCCCC)C(C)(C)C4)n3)nc(N(COC)C3CC(C)(C)N(OCCCCCCCC)C(C)(C)C3)n2)CC1(C)C. The van der Waals surface area contributed by atoms with Crippen molar-refractivity contribution in [1.82, 2.24) is 50.2 Å². The second-order valence-electron chi connectivity index (χ2n) is 40.2. The molecule has 0 radical (unpaired) electrons. The first-order valence-corrected chi connectivity index (χ1v) is 47.0. The molecule has 0 aromatic carbocycles. The normalized spacial score (nSPS) is 20.0. The number of hydrogen-bond acceptors (Lipinski definition) is 22. The monoisotopic (exact) mass is 1600 g/mol. The lowest BCUT2D eigenvalue weighted by atomic mass is 9.73. The van der Waals surface area contributed by atoms with Crippen LogP contribution in [-0.2, 0) is 28.8 Å². The number of aromatic nitrogens is 6. The summed E-state index contributed by atoms with van der Waals surface area (Å²) in [7, 11) is 3.56. The number of methoxy groups -OCH3 is 2. The van der Waals surface area contributed by atoms with E-state index in [2.05, 4.69) is 190 Å². The van der Waals surface area contributed by atoms with Crippen LogP contribution < -0.4 is 31.1 Å². The minimum atomic E-state index is -0.250. The van der Waals surface area contributed by atoms with Crippen LogP contribution in [0.4, 0.5) is 35.7 Å². The Kier molecular flexibility index (Phi) is 43.5. The first-order chi connectivity index (χ1) is 54.3. The molecule has 2 aromatic rings. The van der Waals surface area contributed by atoms with Gasteiger partial charge in [-0.15, -0.1) is 0 Å². The molecule has 22 nitrogen and oxygen atoms in total. The summed E-state index contributed by atoms with van der Waals surface area (Å²) >= 11 is 0. The largest absolute Gasteiger partial charge is 0.364 e. The lowest BCUT2D eigenvalue weighted by Crippen LogP contribution is -2.64. The highest BCUT2D eigenvalue weighted by Gasteiger charge is 2.52. The maximum Gasteiger partial charge on any atom is 0.234 e. The molecule has 4 aliphatic rings. The van der Waals surface area contributed by atoms with Gasteiger partial charge in [0.05, 0.1) is 26.4 Å². The Balaban J connectivity index is 1.11. The topological polar surface area (TPSA) is 200 Å². The number of hydrogen-bond donors (Lipinski definition) is 4. The minimum absolute atomic E-state index is 0.0286. The van der Waals surface area contributed by atoms with E-state index in [1.54, 1.807) is 14.2 Å². The molecule has 0 unspecified atom stereocenters. The highest BCUT2D eigenvalue weighted by atomic mass is 16.7. The molecule has 6 rings (SSSR count). The maximum absolute atomic E-state index is 6.73. The minimum Gasteiger partial charge on any atom is -0.364 e. The summed E-state index contributed by atoms with van der Waals surface area (Å²) in [6.45, 7) is 53.6. The summed E-state index contributed by atoms with van der Waals surface area (Å²) in [6, 6.07) is 0.188. The quantitative estimate of drug-likeness (QED) is 0.0360. The van der Waals surface area contributed by atoms with Crippen molar-refractivity contribution in [3.8, 4) is 0 Å². The number of nitrogens with zero attached hydrogens (tertiary/aromatic N) is 12. The van der Waals surface area contributed by atoms with Crippen LogP contribution >= 0.6 is 0 Å². The van der Waals surface area contributed by atoms with Crippen LogP contribution in [0, 0.1) is 11.8 Å². The molecule has 0 saturated carbocycles. The van der Waals surface area contributed by atoms with Crippen LogP contribution in [0.15, 0.2) is 0 Å². The average molecular weight is 1600 g/mol. The number of hydroxylamine groups is 8. The summed E-state index contributed by atoms with van der Waals surface area (Å²) in [6.07, 6.45) is 48.7. The fraction of sp³-hybridized carbons (Fsp3) is 0.935. The standard InChI is InChI=1S/C92H178N16O6/c1-23-27-31-35-41-51-61-111-105-85(5,6)65-75(66-86(105,7)8)55-45-49-59-95-81-97-79(99-83(101-81)103(73-109-21)77-69-89(13,14)107(90(15,16)70-77)113-63-53-43-37-33-29-25-3)93-57-47-39-40-48-58-94-80-98-82(96-60-50-46-56-76-67-87(9,10)106(88(11,12)68-76)112-62-52-42-36-32-28-24-2)102-84(100-80)104(74-110-22)78-71-91(17,18)108(92(19,20)72-78)114-64-54-44-38-34-30-26-4/h75-78H,23-74H2,1-22H3,(H2,93,95,97,99,101)(H2,94,96,98,100,102). The number of nitrogens with one attached hydrogen (secondary N) is 4. The number of anilines is 6. The zero-order chi connectivity index (χ0) is 83.3. The Hall–Kier alpha value is -3.58. The third-order valence-corrected chi connectivity index (χ3v) is 24.9. The zero-order valence-corrected chi connectivity index (χ0v) is 77.9. The van der Waals surface area contributed by atoms with E-state index in [9.17, 15) is 0 Å².